The van der Waals surface area contributed by atoms with Crippen LogP contribution >= 0.6 is 11.3 Å². The van der Waals surface area contributed by atoms with Gasteiger partial charge < -0.3 is 4.90 Å². The highest BCUT2D eigenvalue weighted by molar-refractivity contribution is 7.91. The monoisotopic (exact) mass is 430 g/mol. The van der Waals surface area contributed by atoms with Crippen molar-refractivity contribution in [3.8, 4) is 5.69 Å². The first-order chi connectivity index (χ1) is 13.9. The molecule has 1 aliphatic heterocycles. The second-order valence-corrected chi connectivity index (χ2v) is 10.0. The summed E-state index contributed by atoms with van der Waals surface area (Å²) < 4.78 is 29.6. The van der Waals surface area contributed by atoms with Gasteiger partial charge in [-0.15, -0.1) is 11.3 Å². The van der Waals surface area contributed by atoms with Gasteiger partial charge >= 0.3 is 0 Å². The normalized spacial score (nSPS) is 15.6. The number of benzene rings is 1. The van der Waals surface area contributed by atoms with E-state index >= 15 is 0 Å². The van der Waals surface area contributed by atoms with Crippen molar-refractivity contribution in [1.82, 2.24) is 19.4 Å². The molecule has 9 heteroatoms. The van der Waals surface area contributed by atoms with Crippen LogP contribution < -0.4 is 4.72 Å². The number of hydrogen-bond acceptors (Lipinski definition) is 5. The van der Waals surface area contributed by atoms with E-state index < -0.39 is 10.0 Å². The lowest BCUT2D eigenvalue weighted by molar-refractivity contribution is 0.0711. The number of hydrogen-bond donors (Lipinski definition) is 1. The minimum absolute atomic E-state index is 0.0345. The Morgan fingerprint density at radius 2 is 1.90 bits per heavy atom. The number of sulfonamides is 1. The number of carbonyl (C=O) groups is 1. The highest BCUT2D eigenvalue weighted by Crippen LogP contribution is 2.20. The van der Waals surface area contributed by atoms with Gasteiger partial charge in [0.15, 0.2) is 0 Å². The van der Waals surface area contributed by atoms with Gasteiger partial charge in [-0.1, -0.05) is 6.07 Å². The summed E-state index contributed by atoms with van der Waals surface area (Å²) in [6.07, 6.45) is 4.91. The molecule has 4 rings (SSSR count). The zero-order valence-electron chi connectivity index (χ0n) is 16.0. The summed E-state index contributed by atoms with van der Waals surface area (Å²) >= 11 is 1.20. The van der Waals surface area contributed by atoms with Gasteiger partial charge in [0.05, 0.1) is 11.9 Å². The zero-order valence-corrected chi connectivity index (χ0v) is 17.6. The van der Waals surface area contributed by atoms with Crippen LogP contribution in [0.25, 0.3) is 5.69 Å². The number of aryl methyl sites for hydroxylation is 1. The third kappa shape index (κ3) is 4.42. The van der Waals surface area contributed by atoms with E-state index in [-0.39, 0.29) is 11.9 Å². The van der Waals surface area contributed by atoms with E-state index in [0.29, 0.717) is 35.7 Å². The number of rotatable bonds is 5. The lowest BCUT2D eigenvalue weighted by atomic mass is 10.0. The standard InChI is InChI=1S/C20H22N4O3S2/c1-15-13-21-24(14-15)18-6-4-16(5-7-18)20(25)23-10-8-17(9-11-23)22-29(26,27)19-3-2-12-28-19/h2-7,12-14,17,22H,8-11H2,1H3. The molecule has 2 aromatic heterocycles. The summed E-state index contributed by atoms with van der Waals surface area (Å²) in [5, 5.41) is 6.02. The fraction of sp³-hybridized carbons (Fsp3) is 0.300. The summed E-state index contributed by atoms with van der Waals surface area (Å²) in [5.41, 5.74) is 2.59. The summed E-state index contributed by atoms with van der Waals surface area (Å²) in [7, 11) is -3.48. The molecule has 1 fully saturated rings. The number of amides is 1. The first-order valence-electron chi connectivity index (χ1n) is 9.39. The molecule has 1 aliphatic rings. The van der Waals surface area contributed by atoms with E-state index in [1.165, 1.54) is 11.3 Å². The molecule has 0 unspecified atom stereocenters. The quantitative estimate of drug-likeness (QED) is 0.675. The Labute approximate surface area is 174 Å². The topological polar surface area (TPSA) is 84.3 Å². The molecule has 7 nitrogen and oxygen atoms in total. The average Bonchev–Trinajstić information content (AvgIpc) is 3.40. The van der Waals surface area contributed by atoms with Gasteiger partial charge in [-0.2, -0.15) is 5.10 Å². The molecule has 0 saturated carbocycles. The molecule has 29 heavy (non-hydrogen) atoms. The van der Waals surface area contributed by atoms with Crippen molar-refractivity contribution >= 4 is 27.3 Å². The van der Waals surface area contributed by atoms with E-state index in [9.17, 15) is 13.2 Å². The number of aromatic nitrogens is 2. The van der Waals surface area contributed by atoms with Crippen molar-refractivity contribution in [1.29, 1.82) is 0 Å². The van der Waals surface area contributed by atoms with Gasteiger partial charge in [0.25, 0.3) is 5.91 Å². The zero-order chi connectivity index (χ0) is 20.4. The lowest BCUT2D eigenvalue weighted by Gasteiger charge is -2.32. The van der Waals surface area contributed by atoms with Gasteiger partial charge in [-0.05, 0) is 61.0 Å². The number of likely N-dealkylation sites (tertiary alicyclic amines) is 1. The maximum Gasteiger partial charge on any atom is 0.253 e. The molecule has 0 radical (unpaired) electrons. The Bertz CT molecular complexity index is 1080. The molecule has 3 heterocycles. The molecule has 0 atom stereocenters. The minimum Gasteiger partial charge on any atom is -0.339 e. The Hall–Kier alpha value is -2.49. The maximum absolute atomic E-state index is 12.8. The Morgan fingerprint density at radius 3 is 2.48 bits per heavy atom. The highest BCUT2D eigenvalue weighted by Gasteiger charge is 2.27. The van der Waals surface area contributed by atoms with E-state index in [1.54, 1.807) is 45.4 Å². The second kappa shape index (κ2) is 8.10. The van der Waals surface area contributed by atoms with Crippen LogP contribution in [0.15, 0.2) is 58.4 Å². The van der Waals surface area contributed by atoms with Crippen molar-refractivity contribution in [2.45, 2.75) is 30.0 Å². The maximum atomic E-state index is 12.8. The SMILES string of the molecule is Cc1cnn(-c2ccc(C(=O)N3CCC(NS(=O)(=O)c4cccs4)CC3)cc2)c1. The highest BCUT2D eigenvalue weighted by atomic mass is 32.2. The predicted octanol–water partition coefficient (Wildman–Crippen LogP) is 2.83. The van der Waals surface area contributed by atoms with Gasteiger partial charge in [0, 0.05) is 30.9 Å². The Morgan fingerprint density at radius 1 is 1.17 bits per heavy atom. The van der Waals surface area contributed by atoms with Crippen molar-refractivity contribution in [2.75, 3.05) is 13.1 Å². The van der Waals surface area contributed by atoms with E-state index in [4.69, 9.17) is 0 Å². The van der Waals surface area contributed by atoms with E-state index in [1.807, 2.05) is 25.3 Å². The fourth-order valence-corrected chi connectivity index (χ4v) is 5.70. The molecular weight excluding hydrogens is 408 g/mol. The molecule has 0 spiro atoms. The first kappa shape index (κ1) is 19.8. The number of thiophene rings is 1. The summed E-state index contributed by atoms with van der Waals surface area (Å²) in [6.45, 7) is 3.03. The van der Waals surface area contributed by atoms with E-state index in [0.717, 1.165) is 11.3 Å². The molecular formula is C20H22N4O3S2. The van der Waals surface area contributed by atoms with Gasteiger partial charge in [0.2, 0.25) is 10.0 Å². The third-order valence-corrected chi connectivity index (χ3v) is 7.87. The van der Waals surface area contributed by atoms with Gasteiger partial charge in [0.1, 0.15) is 4.21 Å². The third-order valence-electron chi connectivity index (χ3n) is 4.95. The Balaban J connectivity index is 1.35. The second-order valence-electron chi connectivity index (χ2n) is 7.13. The lowest BCUT2D eigenvalue weighted by Crippen LogP contribution is -2.46. The van der Waals surface area contributed by atoms with Crippen LogP contribution in [-0.2, 0) is 10.0 Å². The predicted molar refractivity (Wildman–Crippen MR) is 112 cm³/mol. The molecule has 152 valence electrons. The van der Waals surface area contributed by atoms with Crippen LogP contribution in [0.3, 0.4) is 0 Å². The molecule has 0 bridgehead atoms. The first-order valence-corrected chi connectivity index (χ1v) is 11.8. The van der Waals surface area contributed by atoms with Crippen molar-refractivity contribution in [3.05, 3.63) is 65.3 Å². The molecule has 1 saturated heterocycles. The van der Waals surface area contributed by atoms with Crippen LogP contribution in [0.1, 0.15) is 28.8 Å². The van der Waals surface area contributed by atoms with Crippen molar-refractivity contribution in [3.63, 3.8) is 0 Å². The summed E-state index contributed by atoms with van der Waals surface area (Å²) in [6, 6.07) is 10.5. The van der Waals surface area contributed by atoms with Crippen LogP contribution in [0, 0.1) is 6.92 Å². The fourth-order valence-electron chi connectivity index (χ4n) is 3.39. The van der Waals surface area contributed by atoms with Crippen LogP contribution in [-0.4, -0.2) is 48.1 Å². The number of carbonyl (C=O) groups excluding carboxylic acids is 1. The number of piperidine rings is 1. The minimum atomic E-state index is -3.48. The molecule has 0 aliphatic carbocycles. The largest absolute Gasteiger partial charge is 0.339 e. The van der Waals surface area contributed by atoms with Crippen molar-refractivity contribution in [2.24, 2.45) is 0 Å². The van der Waals surface area contributed by atoms with E-state index in [2.05, 4.69) is 9.82 Å². The van der Waals surface area contributed by atoms with Gasteiger partial charge in [-0.3, -0.25) is 4.79 Å². The Kier molecular flexibility index (Phi) is 5.53. The van der Waals surface area contributed by atoms with Gasteiger partial charge in [-0.25, -0.2) is 17.8 Å². The smallest absolute Gasteiger partial charge is 0.253 e. The van der Waals surface area contributed by atoms with Crippen LogP contribution in [0.4, 0.5) is 0 Å². The molecule has 1 N–H and O–H groups in total. The summed E-state index contributed by atoms with van der Waals surface area (Å²) in [4.78, 5) is 14.6. The number of nitrogens with one attached hydrogen (secondary N) is 1. The van der Waals surface area contributed by atoms with Crippen LogP contribution in [0.5, 0.6) is 0 Å². The molecule has 1 amide bonds. The molecule has 1 aromatic carbocycles. The van der Waals surface area contributed by atoms with Crippen LogP contribution in [0.2, 0.25) is 0 Å². The summed E-state index contributed by atoms with van der Waals surface area (Å²) in [5.74, 6) is -0.0345. The van der Waals surface area contributed by atoms with Crippen molar-refractivity contribution < 1.29 is 13.2 Å². The number of nitrogens with zero attached hydrogens (tertiary/aromatic N) is 3. The average molecular weight is 431 g/mol. The molecule has 3 aromatic rings.